The number of aromatic nitrogens is 2. The van der Waals surface area contributed by atoms with Crippen LogP contribution in [0.1, 0.15) is 5.82 Å². The van der Waals surface area contributed by atoms with E-state index in [2.05, 4.69) is 9.97 Å². The van der Waals surface area contributed by atoms with Gasteiger partial charge in [0.15, 0.2) is 9.84 Å². The maximum Gasteiger partial charge on any atom is 0.243 e. The Bertz CT molecular complexity index is 810. The van der Waals surface area contributed by atoms with Crippen LogP contribution in [0.2, 0.25) is 0 Å². The SMILES string of the molecule is CN(Cc1ncc[nH]1)S(=O)(=O)c1ccc(S(C)(=O)=O)cc1. The van der Waals surface area contributed by atoms with Crippen LogP contribution in [-0.2, 0) is 26.4 Å². The summed E-state index contributed by atoms with van der Waals surface area (Å²) in [6.45, 7) is 0.100. The average Bonchev–Trinajstić information content (AvgIpc) is 2.90. The molecule has 0 fully saturated rings. The lowest BCUT2D eigenvalue weighted by Gasteiger charge is -2.16. The van der Waals surface area contributed by atoms with Crippen molar-refractivity contribution < 1.29 is 16.8 Å². The molecule has 0 aliphatic rings. The topological polar surface area (TPSA) is 100 Å². The number of H-pyrrole nitrogens is 1. The molecule has 0 saturated carbocycles. The van der Waals surface area contributed by atoms with E-state index in [4.69, 9.17) is 0 Å². The Morgan fingerprint density at radius 3 is 2.14 bits per heavy atom. The molecule has 21 heavy (non-hydrogen) atoms. The van der Waals surface area contributed by atoms with Crippen LogP contribution in [0.4, 0.5) is 0 Å². The van der Waals surface area contributed by atoms with Crippen molar-refractivity contribution in [2.45, 2.75) is 16.3 Å². The molecule has 1 heterocycles. The van der Waals surface area contributed by atoms with Gasteiger partial charge >= 0.3 is 0 Å². The normalized spacial score (nSPS) is 12.7. The third-order valence-corrected chi connectivity index (χ3v) is 5.83. The van der Waals surface area contributed by atoms with Gasteiger partial charge in [0, 0.05) is 25.7 Å². The largest absolute Gasteiger partial charge is 0.347 e. The second-order valence-corrected chi connectivity index (χ2v) is 8.60. The predicted molar refractivity (Wildman–Crippen MR) is 76.8 cm³/mol. The quantitative estimate of drug-likeness (QED) is 0.867. The Hall–Kier alpha value is -1.71. The number of imidazole rings is 1. The summed E-state index contributed by atoms with van der Waals surface area (Å²) in [7, 11) is -5.62. The van der Waals surface area contributed by atoms with Crippen LogP contribution < -0.4 is 0 Å². The summed E-state index contributed by atoms with van der Waals surface area (Å²) >= 11 is 0. The molecule has 0 aliphatic heterocycles. The molecule has 0 atom stereocenters. The molecule has 0 aliphatic carbocycles. The van der Waals surface area contributed by atoms with Gasteiger partial charge in [-0.15, -0.1) is 0 Å². The number of hydrogen-bond acceptors (Lipinski definition) is 5. The molecule has 0 bridgehead atoms. The highest BCUT2D eigenvalue weighted by Crippen LogP contribution is 2.18. The predicted octanol–water partition coefficient (Wildman–Crippen LogP) is 0.634. The minimum atomic E-state index is -3.70. The maximum atomic E-state index is 12.4. The molecular formula is C12H15N3O4S2. The molecule has 0 unspecified atom stereocenters. The fourth-order valence-corrected chi connectivity index (χ4v) is 3.48. The number of nitrogens with one attached hydrogen (secondary N) is 1. The molecule has 114 valence electrons. The van der Waals surface area contributed by atoms with Crippen molar-refractivity contribution in [1.82, 2.24) is 14.3 Å². The number of sulfone groups is 1. The number of aromatic amines is 1. The van der Waals surface area contributed by atoms with Crippen molar-refractivity contribution >= 4 is 19.9 Å². The van der Waals surface area contributed by atoms with Gasteiger partial charge in [0.2, 0.25) is 10.0 Å². The molecule has 1 aromatic carbocycles. The van der Waals surface area contributed by atoms with Gasteiger partial charge in [-0.05, 0) is 24.3 Å². The van der Waals surface area contributed by atoms with E-state index in [1.54, 1.807) is 6.20 Å². The zero-order valence-electron chi connectivity index (χ0n) is 11.5. The van der Waals surface area contributed by atoms with Crippen LogP contribution in [0.15, 0.2) is 46.5 Å². The van der Waals surface area contributed by atoms with E-state index < -0.39 is 19.9 Å². The Labute approximate surface area is 123 Å². The lowest BCUT2D eigenvalue weighted by atomic mass is 10.4. The highest BCUT2D eigenvalue weighted by atomic mass is 32.2. The first-order valence-corrected chi connectivity index (χ1v) is 9.29. The maximum absolute atomic E-state index is 12.4. The summed E-state index contributed by atoms with van der Waals surface area (Å²) in [6.07, 6.45) is 4.22. The molecule has 0 radical (unpaired) electrons. The second-order valence-electron chi connectivity index (χ2n) is 4.54. The smallest absolute Gasteiger partial charge is 0.243 e. The first-order valence-electron chi connectivity index (χ1n) is 5.96. The van der Waals surface area contributed by atoms with Gasteiger partial charge in [0.1, 0.15) is 5.82 Å². The van der Waals surface area contributed by atoms with Crippen LogP contribution >= 0.6 is 0 Å². The Kier molecular flexibility index (Phi) is 4.17. The lowest BCUT2D eigenvalue weighted by molar-refractivity contribution is 0.458. The van der Waals surface area contributed by atoms with Gasteiger partial charge in [-0.2, -0.15) is 4.31 Å². The molecular weight excluding hydrogens is 314 g/mol. The lowest BCUT2D eigenvalue weighted by Crippen LogP contribution is -2.27. The summed E-state index contributed by atoms with van der Waals surface area (Å²) in [6, 6.07) is 5.13. The Morgan fingerprint density at radius 1 is 1.10 bits per heavy atom. The van der Waals surface area contributed by atoms with Crippen molar-refractivity contribution in [3.8, 4) is 0 Å². The van der Waals surface area contributed by atoms with E-state index in [9.17, 15) is 16.8 Å². The van der Waals surface area contributed by atoms with E-state index in [0.717, 1.165) is 10.6 Å². The molecule has 9 heteroatoms. The van der Waals surface area contributed by atoms with Gasteiger partial charge in [-0.3, -0.25) is 0 Å². The fourth-order valence-electron chi connectivity index (χ4n) is 1.72. The van der Waals surface area contributed by atoms with Gasteiger partial charge in [0.05, 0.1) is 16.3 Å². The monoisotopic (exact) mass is 329 g/mol. The highest BCUT2D eigenvalue weighted by molar-refractivity contribution is 7.90. The first-order chi connectivity index (χ1) is 9.71. The summed E-state index contributed by atoms with van der Waals surface area (Å²) in [5.41, 5.74) is 0. The number of nitrogens with zero attached hydrogens (tertiary/aromatic N) is 2. The van der Waals surface area contributed by atoms with E-state index in [1.807, 2.05) is 0 Å². The first kappa shape index (κ1) is 15.7. The van der Waals surface area contributed by atoms with Crippen LogP contribution in [0.25, 0.3) is 0 Å². The van der Waals surface area contributed by atoms with Crippen LogP contribution in [-0.4, -0.2) is 44.4 Å². The van der Waals surface area contributed by atoms with Gasteiger partial charge in [-0.1, -0.05) is 0 Å². The summed E-state index contributed by atoms with van der Waals surface area (Å²) in [5, 5.41) is 0. The van der Waals surface area contributed by atoms with Gasteiger partial charge in [-0.25, -0.2) is 21.8 Å². The van der Waals surface area contributed by atoms with E-state index >= 15 is 0 Å². The number of rotatable bonds is 5. The van der Waals surface area contributed by atoms with Crippen molar-refractivity contribution in [3.63, 3.8) is 0 Å². The Morgan fingerprint density at radius 2 is 1.67 bits per heavy atom. The van der Waals surface area contributed by atoms with E-state index in [-0.39, 0.29) is 16.3 Å². The van der Waals surface area contributed by atoms with Crippen molar-refractivity contribution in [1.29, 1.82) is 0 Å². The molecule has 0 saturated heterocycles. The van der Waals surface area contributed by atoms with Crippen LogP contribution in [0, 0.1) is 0 Å². The molecule has 2 aromatic rings. The molecule has 2 rings (SSSR count). The van der Waals surface area contributed by atoms with Crippen molar-refractivity contribution in [3.05, 3.63) is 42.5 Å². The van der Waals surface area contributed by atoms with Crippen LogP contribution in [0.3, 0.4) is 0 Å². The van der Waals surface area contributed by atoms with E-state index in [0.29, 0.717) is 5.82 Å². The summed E-state index contributed by atoms with van der Waals surface area (Å²) in [5.74, 6) is 0.522. The van der Waals surface area contributed by atoms with Crippen molar-refractivity contribution in [2.75, 3.05) is 13.3 Å². The van der Waals surface area contributed by atoms with Gasteiger partial charge < -0.3 is 4.98 Å². The molecule has 0 amide bonds. The zero-order chi connectivity index (χ0) is 15.7. The number of sulfonamides is 1. The van der Waals surface area contributed by atoms with Crippen molar-refractivity contribution in [2.24, 2.45) is 0 Å². The molecule has 0 spiro atoms. The average molecular weight is 329 g/mol. The van der Waals surface area contributed by atoms with Gasteiger partial charge in [0.25, 0.3) is 0 Å². The zero-order valence-corrected chi connectivity index (χ0v) is 13.1. The van der Waals surface area contributed by atoms with Crippen LogP contribution in [0.5, 0.6) is 0 Å². The summed E-state index contributed by atoms with van der Waals surface area (Å²) < 4.78 is 48.6. The number of hydrogen-bond donors (Lipinski definition) is 1. The highest BCUT2D eigenvalue weighted by Gasteiger charge is 2.22. The van der Waals surface area contributed by atoms with E-state index in [1.165, 1.54) is 37.5 Å². The Balaban J connectivity index is 2.27. The molecule has 7 nitrogen and oxygen atoms in total. The number of benzene rings is 1. The molecule has 1 aromatic heterocycles. The minimum Gasteiger partial charge on any atom is -0.347 e. The third-order valence-electron chi connectivity index (χ3n) is 2.89. The molecule has 1 N–H and O–H groups in total. The fraction of sp³-hybridized carbons (Fsp3) is 0.250. The standard InChI is InChI=1S/C12H15N3O4S2/c1-15(9-12-13-7-8-14-12)21(18,19)11-5-3-10(4-6-11)20(2,16)17/h3-8H,9H2,1-2H3,(H,13,14). The minimum absolute atomic E-state index is 0.0314. The summed E-state index contributed by atoms with van der Waals surface area (Å²) in [4.78, 5) is 6.90. The second kappa shape index (κ2) is 5.58. The third kappa shape index (κ3) is 3.49.